The van der Waals surface area contributed by atoms with E-state index in [-0.39, 0.29) is 42.0 Å². The molecular weight excluding hydrogens is 476 g/mol. The molecule has 0 unspecified atom stereocenters. The van der Waals surface area contributed by atoms with Crippen LogP contribution in [0.15, 0.2) is 30.5 Å². The SMILES string of the molecule is CCOc1ccc(C(F)(F)F)cc1NC(=O)C1CCN(c2ncc(C(F)(F)F)cc2Cl)CC1. The lowest BCUT2D eigenvalue weighted by atomic mass is 9.95. The van der Waals surface area contributed by atoms with E-state index in [1.807, 2.05) is 0 Å². The van der Waals surface area contributed by atoms with E-state index in [0.29, 0.717) is 19.0 Å². The maximum atomic E-state index is 13.1. The molecule has 0 bridgehead atoms. The number of carbonyl (C=O) groups excluding carboxylic acids is 1. The van der Waals surface area contributed by atoms with Gasteiger partial charge in [-0.1, -0.05) is 11.6 Å². The van der Waals surface area contributed by atoms with Crippen molar-refractivity contribution in [3.63, 3.8) is 0 Å². The Kier molecular flexibility index (Phi) is 7.30. The van der Waals surface area contributed by atoms with Crippen molar-refractivity contribution in [2.45, 2.75) is 32.1 Å². The quantitative estimate of drug-likeness (QED) is 0.515. The minimum Gasteiger partial charge on any atom is -0.492 e. The van der Waals surface area contributed by atoms with Gasteiger partial charge < -0.3 is 15.0 Å². The number of pyridine rings is 1. The van der Waals surface area contributed by atoms with E-state index in [9.17, 15) is 31.1 Å². The second-order valence-corrected chi connectivity index (χ2v) is 7.83. The van der Waals surface area contributed by atoms with Crippen molar-refractivity contribution >= 4 is 29.0 Å². The van der Waals surface area contributed by atoms with Crippen molar-refractivity contribution in [1.29, 1.82) is 0 Å². The third-order valence-electron chi connectivity index (χ3n) is 5.18. The van der Waals surface area contributed by atoms with Crippen molar-refractivity contribution in [1.82, 2.24) is 4.98 Å². The third kappa shape index (κ3) is 6.01. The minimum absolute atomic E-state index is 0.0773. The van der Waals surface area contributed by atoms with Gasteiger partial charge in [0.05, 0.1) is 28.4 Å². The molecule has 1 aromatic carbocycles. The van der Waals surface area contributed by atoms with Crippen LogP contribution in [0.3, 0.4) is 0 Å². The van der Waals surface area contributed by atoms with Gasteiger partial charge in [0.15, 0.2) is 0 Å². The van der Waals surface area contributed by atoms with E-state index >= 15 is 0 Å². The summed E-state index contributed by atoms with van der Waals surface area (Å²) in [6.07, 6.45) is -7.82. The fraction of sp³-hybridized carbons (Fsp3) is 0.429. The van der Waals surface area contributed by atoms with Gasteiger partial charge in [0.2, 0.25) is 5.91 Å². The minimum atomic E-state index is -4.58. The van der Waals surface area contributed by atoms with Gasteiger partial charge in [-0.15, -0.1) is 0 Å². The van der Waals surface area contributed by atoms with Gasteiger partial charge in [0, 0.05) is 25.2 Å². The standard InChI is InChI=1S/C21H20ClF6N3O2/c1-2-33-17-4-3-13(20(23,24)25)10-16(17)30-19(32)12-5-7-31(8-6-12)18-15(22)9-14(11-29-18)21(26,27)28/h3-4,9-12H,2,5-8H2,1H3,(H,30,32). The summed E-state index contributed by atoms with van der Waals surface area (Å²) in [6.45, 7) is 2.45. The van der Waals surface area contributed by atoms with E-state index in [1.165, 1.54) is 0 Å². The number of nitrogens with zero attached hydrogens (tertiary/aromatic N) is 2. The molecule has 0 saturated carbocycles. The number of alkyl halides is 6. The van der Waals surface area contributed by atoms with Crippen LogP contribution in [-0.2, 0) is 17.1 Å². The number of halogens is 7. The van der Waals surface area contributed by atoms with E-state index in [1.54, 1.807) is 11.8 Å². The Balaban J connectivity index is 1.68. The van der Waals surface area contributed by atoms with Crippen molar-refractivity contribution in [3.8, 4) is 5.75 Å². The van der Waals surface area contributed by atoms with E-state index in [0.717, 1.165) is 24.3 Å². The molecule has 12 heteroatoms. The number of hydrogen-bond acceptors (Lipinski definition) is 4. The Morgan fingerprint density at radius 2 is 1.76 bits per heavy atom. The average molecular weight is 496 g/mol. The number of ether oxygens (including phenoxy) is 1. The van der Waals surface area contributed by atoms with Gasteiger partial charge in [-0.3, -0.25) is 4.79 Å². The third-order valence-corrected chi connectivity index (χ3v) is 5.46. The first-order chi connectivity index (χ1) is 15.4. The summed E-state index contributed by atoms with van der Waals surface area (Å²) in [5.41, 5.74) is -1.96. The molecule has 0 radical (unpaired) electrons. The van der Waals surface area contributed by atoms with Crippen molar-refractivity contribution < 1.29 is 35.9 Å². The fourth-order valence-electron chi connectivity index (χ4n) is 3.49. The smallest absolute Gasteiger partial charge is 0.417 e. The Morgan fingerprint density at radius 1 is 1.12 bits per heavy atom. The highest BCUT2D eigenvalue weighted by Crippen LogP contribution is 2.37. The number of nitrogens with one attached hydrogen (secondary N) is 1. The number of benzene rings is 1. The first-order valence-electron chi connectivity index (χ1n) is 10.0. The number of anilines is 2. The van der Waals surface area contributed by atoms with E-state index in [4.69, 9.17) is 16.3 Å². The molecule has 0 atom stereocenters. The molecular formula is C21H20ClF6N3O2. The highest BCUT2D eigenvalue weighted by Gasteiger charge is 2.34. The molecule has 1 aromatic heterocycles. The number of amides is 1. The molecule has 0 aliphatic carbocycles. The van der Waals surface area contributed by atoms with Gasteiger partial charge in [-0.25, -0.2) is 4.98 Å². The lowest BCUT2D eigenvalue weighted by Crippen LogP contribution is -2.38. The van der Waals surface area contributed by atoms with Gasteiger partial charge in [-0.05, 0) is 44.0 Å². The summed E-state index contributed by atoms with van der Waals surface area (Å²) >= 11 is 5.98. The number of piperidine rings is 1. The zero-order valence-electron chi connectivity index (χ0n) is 17.4. The largest absolute Gasteiger partial charge is 0.492 e. The van der Waals surface area contributed by atoms with Crippen LogP contribution in [0.25, 0.3) is 0 Å². The molecule has 0 spiro atoms. The van der Waals surface area contributed by atoms with Gasteiger partial charge >= 0.3 is 12.4 Å². The molecule has 180 valence electrons. The van der Waals surface area contributed by atoms with E-state index in [2.05, 4.69) is 10.3 Å². The summed E-state index contributed by atoms with van der Waals surface area (Å²) in [6, 6.07) is 3.65. The summed E-state index contributed by atoms with van der Waals surface area (Å²) in [7, 11) is 0. The molecule has 1 amide bonds. The predicted octanol–water partition coefficient (Wildman–Crippen LogP) is 6.03. The van der Waals surface area contributed by atoms with Crippen LogP contribution < -0.4 is 15.0 Å². The zero-order valence-corrected chi connectivity index (χ0v) is 18.1. The molecule has 33 heavy (non-hydrogen) atoms. The molecule has 1 aliphatic rings. The molecule has 1 fully saturated rings. The Labute approximate surface area is 190 Å². The highest BCUT2D eigenvalue weighted by molar-refractivity contribution is 6.33. The summed E-state index contributed by atoms with van der Waals surface area (Å²) in [4.78, 5) is 18.2. The first-order valence-corrected chi connectivity index (χ1v) is 10.4. The van der Waals surface area contributed by atoms with Crippen LogP contribution in [0.5, 0.6) is 5.75 Å². The lowest BCUT2D eigenvalue weighted by Gasteiger charge is -2.32. The van der Waals surface area contributed by atoms with Gasteiger partial charge in [0.1, 0.15) is 11.6 Å². The first kappa shape index (κ1) is 24.9. The maximum absolute atomic E-state index is 13.1. The fourth-order valence-corrected chi connectivity index (χ4v) is 3.78. The molecule has 3 rings (SSSR count). The topological polar surface area (TPSA) is 54.5 Å². The van der Waals surface area contributed by atoms with Crippen LogP contribution in [-0.4, -0.2) is 30.6 Å². The number of carbonyl (C=O) groups is 1. The van der Waals surface area contributed by atoms with Gasteiger partial charge in [0.25, 0.3) is 0 Å². The van der Waals surface area contributed by atoms with Crippen molar-refractivity contribution in [2.24, 2.45) is 5.92 Å². The average Bonchev–Trinajstić information content (AvgIpc) is 2.74. The van der Waals surface area contributed by atoms with Crippen LogP contribution in [0.1, 0.15) is 30.9 Å². The van der Waals surface area contributed by atoms with E-state index < -0.39 is 35.3 Å². The van der Waals surface area contributed by atoms with Crippen LogP contribution in [0, 0.1) is 5.92 Å². The Hall–Kier alpha value is -2.69. The second-order valence-electron chi connectivity index (χ2n) is 7.42. The molecule has 2 aromatic rings. The van der Waals surface area contributed by atoms with Crippen molar-refractivity contribution in [3.05, 3.63) is 46.6 Å². The van der Waals surface area contributed by atoms with Gasteiger partial charge in [-0.2, -0.15) is 26.3 Å². The highest BCUT2D eigenvalue weighted by atomic mass is 35.5. The van der Waals surface area contributed by atoms with Crippen LogP contribution in [0.2, 0.25) is 5.02 Å². The summed E-state index contributed by atoms with van der Waals surface area (Å²) in [5.74, 6) is -0.683. The summed E-state index contributed by atoms with van der Waals surface area (Å²) in [5, 5.41) is 2.36. The number of aromatic nitrogens is 1. The Morgan fingerprint density at radius 3 is 2.30 bits per heavy atom. The van der Waals surface area contributed by atoms with Crippen molar-refractivity contribution in [2.75, 3.05) is 29.9 Å². The maximum Gasteiger partial charge on any atom is 0.417 e. The lowest BCUT2D eigenvalue weighted by molar-refractivity contribution is -0.138. The molecule has 1 N–H and O–H groups in total. The summed E-state index contributed by atoms with van der Waals surface area (Å²) < 4.78 is 82.9. The molecule has 5 nitrogen and oxygen atoms in total. The Bertz CT molecular complexity index is 1000. The monoisotopic (exact) mass is 495 g/mol. The second kappa shape index (κ2) is 9.66. The predicted molar refractivity (Wildman–Crippen MR) is 110 cm³/mol. The van der Waals surface area contributed by atoms with Crippen LogP contribution >= 0.6 is 11.6 Å². The zero-order chi connectivity index (χ0) is 24.4. The molecule has 1 aliphatic heterocycles. The normalized spacial score (nSPS) is 15.5. The van der Waals surface area contributed by atoms with Crippen LogP contribution in [0.4, 0.5) is 37.8 Å². The molecule has 2 heterocycles. The molecule has 1 saturated heterocycles. The number of rotatable bonds is 5. The number of hydrogen-bond donors (Lipinski definition) is 1.